The van der Waals surface area contributed by atoms with Crippen molar-refractivity contribution in [3.8, 4) is 0 Å². The summed E-state index contributed by atoms with van der Waals surface area (Å²) in [7, 11) is 1.81. The van der Waals surface area contributed by atoms with Crippen LogP contribution in [-0.4, -0.2) is 65.7 Å². The number of benzene rings is 1. The van der Waals surface area contributed by atoms with E-state index in [-0.39, 0.29) is 29.4 Å². The van der Waals surface area contributed by atoms with Crippen LogP contribution in [0.3, 0.4) is 0 Å². The van der Waals surface area contributed by atoms with Crippen molar-refractivity contribution in [2.24, 2.45) is 4.99 Å². The van der Waals surface area contributed by atoms with Crippen LogP contribution in [-0.2, 0) is 19.6 Å². The standard InChI is InChI=1S/C23H39N3O3.HI/c1-4-5-13-27-17-18-29-16-12-25-22(24-3)26-19-23(10-14-28-15-11-23)21-9-7-6-8-20(21)2;/h6-9H,4-5,10-19H2,1-3H3,(H2,24,25,26);1H. The Morgan fingerprint density at radius 1 is 1.07 bits per heavy atom. The summed E-state index contributed by atoms with van der Waals surface area (Å²) in [5, 5.41) is 6.88. The molecule has 0 spiro atoms. The van der Waals surface area contributed by atoms with Crippen molar-refractivity contribution in [3.05, 3.63) is 35.4 Å². The van der Waals surface area contributed by atoms with Crippen LogP contribution < -0.4 is 10.6 Å². The van der Waals surface area contributed by atoms with Gasteiger partial charge in [-0.1, -0.05) is 37.6 Å². The smallest absolute Gasteiger partial charge is 0.191 e. The summed E-state index contributed by atoms with van der Waals surface area (Å²) < 4.78 is 16.8. The number of rotatable bonds is 12. The molecule has 0 atom stereocenters. The van der Waals surface area contributed by atoms with Gasteiger partial charge < -0.3 is 24.8 Å². The van der Waals surface area contributed by atoms with Crippen molar-refractivity contribution in [3.63, 3.8) is 0 Å². The highest BCUT2D eigenvalue weighted by Crippen LogP contribution is 2.36. The number of hydrogen-bond acceptors (Lipinski definition) is 4. The van der Waals surface area contributed by atoms with Crippen LogP contribution in [0.4, 0.5) is 0 Å². The normalized spacial score (nSPS) is 16.0. The Hall–Kier alpha value is -0.900. The maximum Gasteiger partial charge on any atom is 0.191 e. The molecule has 0 saturated carbocycles. The quantitative estimate of drug-likeness (QED) is 0.186. The molecule has 1 fully saturated rings. The van der Waals surface area contributed by atoms with Gasteiger partial charge in [0.25, 0.3) is 0 Å². The molecule has 2 rings (SSSR count). The van der Waals surface area contributed by atoms with E-state index >= 15 is 0 Å². The molecular weight excluding hydrogens is 493 g/mol. The van der Waals surface area contributed by atoms with E-state index in [1.807, 2.05) is 7.05 Å². The molecule has 0 aliphatic carbocycles. The molecule has 6 nitrogen and oxygen atoms in total. The number of nitrogens with zero attached hydrogens (tertiary/aromatic N) is 1. The summed E-state index contributed by atoms with van der Waals surface area (Å²) in [5.41, 5.74) is 2.83. The summed E-state index contributed by atoms with van der Waals surface area (Å²) in [4.78, 5) is 4.37. The average molecular weight is 533 g/mol. The monoisotopic (exact) mass is 533 g/mol. The van der Waals surface area contributed by atoms with Crippen LogP contribution in [0.15, 0.2) is 29.3 Å². The van der Waals surface area contributed by atoms with Gasteiger partial charge in [-0.15, -0.1) is 24.0 Å². The van der Waals surface area contributed by atoms with Crippen LogP contribution in [0.1, 0.15) is 43.7 Å². The molecule has 1 aliphatic rings. The number of aryl methyl sites for hydroxylation is 1. The summed E-state index contributed by atoms with van der Waals surface area (Å²) in [5.74, 6) is 0.812. The lowest BCUT2D eigenvalue weighted by molar-refractivity contribution is 0.0484. The number of ether oxygens (including phenoxy) is 3. The third-order valence-electron chi connectivity index (χ3n) is 5.54. The molecule has 1 aromatic carbocycles. The highest BCUT2D eigenvalue weighted by molar-refractivity contribution is 14.0. The molecule has 0 aromatic heterocycles. The first kappa shape index (κ1) is 27.1. The van der Waals surface area contributed by atoms with E-state index in [1.165, 1.54) is 11.1 Å². The summed E-state index contributed by atoms with van der Waals surface area (Å²) >= 11 is 0. The highest BCUT2D eigenvalue weighted by Gasteiger charge is 2.35. The van der Waals surface area contributed by atoms with E-state index in [0.717, 1.165) is 64.6 Å². The highest BCUT2D eigenvalue weighted by atomic mass is 127. The minimum atomic E-state index is 0. The molecular formula is C23H40IN3O3. The number of unbranched alkanes of at least 4 members (excludes halogenated alkanes) is 1. The van der Waals surface area contributed by atoms with Crippen LogP contribution >= 0.6 is 24.0 Å². The van der Waals surface area contributed by atoms with Crippen LogP contribution in [0.5, 0.6) is 0 Å². The third kappa shape index (κ3) is 9.08. The zero-order valence-electron chi connectivity index (χ0n) is 18.9. The first-order chi connectivity index (χ1) is 14.2. The van der Waals surface area contributed by atoms with E-state index in [1.54, 1.807) is 0 Å². The molecule has 30 heavy (non-hydrogen) atoms. The van der Waals surface area contributed by atoms with Gasteiger partial charge in [0.15, 0.2) is 5.96 Å². The molecule has 172 valence electrons. The Morgan fingerprint density at radius 2 is 1.77 bits per heavy atom. The second-order valence-corrected chi connectivity index (χ2v) is 7.64. The first-order valence-corrected chi connectivity index (χ1v) is 11.0. The molecule has 2 N–H and O–H groups in total. The first-order valence-electron chi connectivity index (χ1n) is 11.0. The van der Waals surface area contributed by atoms with Gasteiger partial charge in [-0.25, -0.2) is 0 Å². The fourth-order valence-corrected chi connectivity index (χ4v) is 3.75. The molecule has 0 unspecified atom stereocenters. The van der Waals surface area contributed by atoms with Gasteiger partial charge >= 0.3 is 0 Å². The summed E-state index contributed by atoms with van der Waals surface area (Å²) in [6, 6.07) is 8.70. The molecule has 0 radical (unpaired) electrons. The van der Waals surface area contributed by atoms with Crippen LogP contribution in [0, 0.1) is 6.92 Å². The van der Waals surface area contributed by atoms with Gasteiger partial charge in [-0.05, 0) is 37.3 Å². The molecule has 0 bridgehead atoms. The van der Waals surface area contributed by atoms with E-state index in [2.05, 4.69) is 53.7 Å². The van der Waals surface area contributed by atoms with Gasteiger partial charge in [0.2, 0.25) is 0 Å². The Bertz CT molecular complexity index is 607. The van der Waals surface area contributed by atoms with Gasteiger partial charge in [0, 0.05) is 45.4 Å². The fraction of sp³-hybridized carbons (Fsp3) is 0.696. The van der Waals surface area contributed by atoms with E-state index in [4.69, 9.17) is 14.2 Å². The molecule has 0 amide bonds. The lowest BCUT2D eigenvalue weighted by Gasteiger charge is -2.39. The van der Waals surface area contributed by atoms with Crippen molar-refractivity contribution < 1.29 is 14.2 Å². The van der Waals surface area contributed by atoms with Gasteiger partial charge in [0.05, 0.1) is 19.8 Å². The summed E-state index contributed by atoms with van der Waals surface area (Å²) in [6.07, 6.45) is 4.31. The molecule has 1 heterocycles. The van der Waals surface area contributed by atoms with Crippen molar-refractivity contribution in [1.29, 1.82) is 0 Å². The summed E-state index contributed by atoms with van der Waals surface area (Å²) in [6.45, 7) is 10.3. The van der Waals surface area contributed by atoms with Gasteiger partial charge in [-0.2, -0.15) is 0 Å². The lowest BCUT2D eigenvalue weighted by Crippen LogP contribution is -2.48. The second kappa shape index (κ2) is 15.8. The van der Waals surface area contributed by atoms with Crippen molar-refractivity contribution >= 4 is 29.9 Å². The topological polar surface area (TPSA) is 64.1 Å². The maximum atomic E-state index is 5.65. The van der Waals surface area contributed by atoms with E-state index < -0.39 is 0 Å². The largest absolute Gasteiger partial charge is 0.381 e. The van der Waals surface area contributed by atoms with Crippen molar-refractivity contribution in [2.75, 3.05) is 59.8 Å². The lowest BCUT2D eigenvalue weighted by atomic mass is 9.72. The molecule has 1 aliphatic heterocycles. The molecule has 1 saturated heterocycles. The second-order valence-electron chi connectivity index (χ2n) is 7.64. The minimum Gasteiger partial charge on any atom is -0.381 e. The third-order valence-corrected chi connectivity index (χ3v) is 5.54. The SMILES string of the molecule is CCCCOCCOCCNC(=NC)NCC1(c2ccccc2C)CCOCC1.I. The van der Waals surface area contributed by atoms with Crippen LogP contribution in [0.25, 0.3) is 0 Å². The Balaban J connectivity index is 0.00000450. The van der Waals surface area contributed by atoms with E-state index in [0.29, 0.717) is 19.8 Å². The van der Waals surface area contributed by atoms with Gasteiger partial charge in [0.1, 0.15) is 0 Å². The Kier molecular flexibility index (Phi) is 14.3. The Labute approximate surface area is 199 Å². The minimum absolute atomic E-state index is 0. The number of hydrogen-bond donors (Lipinski definition) is 2. The maximum absolute atomic E-state index is 5.65. The van der Waals surface area contributed by atoms with Gasteiger partial charge in [-0.3, -0.25) is 4.99 Å². The van der Waals surface area contributed by atoms with E-state index in [9.17, 15) is 0 Å². The fourth-order valence-electron chi connectivity index (χ4n) is 3.75. The van der Waals surface area contributed by atoms with Crippen molar-refractivity contribution in [2.45, 2.75) is 44.9 Å². The zero-order valence-corrected chi connectivity index (χ0v) is 21.2. The van der Waals surface area contributed by atoms with Crippen molar-refractivity contribution in [1.82, 2.24) is 10.6 Å². The predicted molar refractivity (Wildman–Crippen MR) is 134 cm³/mol. The number of halogens is 1. The molecule has 7 heteroatoms. The van der Waals surface area contributed by atoms with Crippen LogP contribution in [0.2, 0.25) is 0 Å². The molecule has 1 aromatic rings. The zero-order chi connectivity index (χ0) is 20.8. The average Bonchev–Trinajstić information content (AvgIpc) is 2.75. The number of guanidine groups is 1. The number of aliphatic imine (C=N–C) groups is 1. The number of nitrogens with one attached hydrogen (secondary N) is 2. The Morgan fingerprint density at radius 3 is 2.43 bits per heavy atom. The predicted octanol–water partition coefficient (Wildman–Crippen LogP) is 3.66.